The molecule has 0 bridgehead atoms. The van der Waals surface area contributed by atoms with Gasteiger partial charge in [-0.3, -0.25) is 0 Å². The number of hydrogen-bond acceptors (Lipinski definition) is 2. The minimum absolute atomic E-state index is 1.11. The molecule has 0 fully saturated rings. The Balaban J connectivity index is 1.14. The van der Waals surface area contributed by atoms with E-state index in [0.717, 1.165) is 34.1 Å². The van der Waals surface area contributed by atoms with E-state index in [1.54, 1.807) is 0 Å². The molecule has 0 atom stereocenters. The summed E-state index contributed by atoms with van der Waals surface area (Å²) in [5, 5.41) is 18.5. The molecule has 14 aromatic rings. The van der Waals surface area contributed by atoms with E-state index < -0.39 is 8.07 Å². The van der Waals surface area contributed by atoms with Gasteiger partial charge in [0, 0.05) is 44.3 Å². The lowest BCUT2D eigenvalue weighted by Crippen LogP contribution is -2.37. The van der Waals surface area contributed by atoms with E-state index in [9.17, 15) is 0 Å². The maximum atomic E-state index is 2.52. The maximum absolute atomic E-state index is 2.52. The summed E-state index contributed by atoms with van der Waals surface area (Å²) in [6.45, 7) is 9.46. The Bertz CT molecular complexity index is 4530. The minimum Gasteiger partial charge on any atom is -0.310 e. The Kier molecular flexibility index (Phi) is 10.5. The third-order valence-corrected chi connectivity index (χ3v) is 17.8. The van der Waals surface area contributed by atoms with E-state index in [1.165, 1.54) is 108 Å². The number of hydrogen-bond donors (Lipinski definition) is 0. The van der Waals surface area contributed by atoms with Crippen LogP contribution in [-0.4, -0.2) is 8.07 Å². The predicted molar refractivity (Wildman–Crippen MR) is 328 cm³/mol. The molecular formula is C72H54N2Si. The average molecular weight is 975 g/mol. The van der Waals surface area contributed by atoms with Gasteiger partial charge in [0.2, 0.25) is 0 Å². The third kappa shape index (κ3) is 7.70. The van der Waals surface area contributed by atoms with Crippen LogP contribution in [0, 0.1) is 6.92 Å². The molecule has 0 saturated heterocycles. The number of rotatable bonds is 9. The van der Waals surface area contributed by atoms with E-state index in [2.05, 4.69) is 291 Å². The van der Waals surface area contributed by atoms with E-state index >= 15 is 0 Å². The number of benzene rings is 14. The molecule has 0 aliphatic heterocycles. The smallest absolute Gasteiger partial charge is 0.0775 e. The Labute approximate surface area is 439 Å². The van der Waals surface area contributed by atoms with Gasteiger partial charge in [-0.2, -0.15) is 0 Å². The molecule has 356 valence electrons. The van der Waals surface area contributed by atoms with Crippen LogP contribution in [0.4, 0.5) is 34.1 Å². The van der Waals surface area contributed by atoms with Crippen LogP contribution in [0.1, 0.15) is 5.56 Å². The molecule has 0 amide bonds. The lowest BCUT2D eigenvalue weighted by atomic mass is 9.84. The fraction of sp³-hybridized carbons (Fsp3) is 0.0556. The molecule has 0 unspecified atom stereocenters. The summed E-state index contributed by atoms with van der Waals surface area (Å²) in [5.41, 5.74) is 12.7. The van der Waals surface area contributed by atoms with Crippen LogP contribution in [0.15, 0.2) is 255 Å². The molecule has 0 aliphatic carbocycles. The van der Waals surface area contributed by atoms with Crippen molar-refractivity contribution in [2.24, 2.45) is 0 Å². The molecule has 2 nitrogen and oxygen atoms in total. The Morgan fingerprint density at radius 3 is 1.01 bits per heavy atom. The maximum Gasteiger partial charge on any atom is 0.0775 e. The molecular weight excluding hydrogens is 921 g/mol. The first-order valence-corrected chi connectivity index (χ1v) is 29.7. The van der Waals surface area contributed by atoms with Crippen molar-refractivity contribution in [1.82, 2.24) is 0 Å². The zero-order chi connectivity index (χ0) is 50.4. The average Bonchev–Trinajstić information content (AvgIpc) is 3.45. The summed E-state index contributed by atoms with van der Waals surface area (Å²) in [7, 11) is -1.60. The van der Waals surface area contributed by atoms with Crippen molar-refractivity contribution in [1.29, 1.82) is 0 Å². The van der Waals surface area contributed by atoms with Crippen LogP contribution in [0.25, 0.3) is 97.7 Å². The Morgan fingerprint density at radius 2 is 0.613 bits per heavy atom. The van der Waals surface area contributed by atoms with Crippen LogP contribution in [0.2, 0.25) is 19.6 Å². The quantitative estimate of drug-likeness (QED) is 0.105. The van der Waals surface area contributed by atoms with Gasteiger partial charge < -0.3 is 9.80 Å². The van der Waals surface area contributed by atoms with E-state index in [-0.39, 0.29) is 0 Å². The zero-order valence-electron chi connectivity index (χ0n) is 42.6. The van der Waals surface area contributed by atoms with Crippen LogP contribution < -0.4 is 15.0 Å². The van der Waals surface area contributed by atoms with Crippen molar-refractivity contribution in [2.45, 2.75) is 26.6 Å². The normalized spacial score (nSPS) is 12.0. The second kappa shape index (κ2) is 17.6. The van der Waals surface area contributed by atoms with Gasteiger partial charge in [-0.15, -0.1) is 0 Å². The van der Waals surface area contributed by atoms with E-state index in [0.29, 0.717) is 0 Å². The fourth-order valence-corrected chi connectivity index (χ4v) is 13.0. The second-order valence-electron chi connectivity index (χ2n) is 21.4. The highest BCUT2D eigenvalue weighted by Gasteiger charge is 2.27. The van der Waals surface area contributed by atoms with Crippen molar-refractivity contribution < 1.29 is 0 Å². The van der Waals surface area contributed by atoms with Gasteiger partial charge in [0.15, 0.2) is 0 Å². The van der Waals surface area contributed by atoms with Gasteiger partial charge in [-0.05, 0) is 156 Å². The van der Waals surface area contributed by atoms with E-state index in [4.69, 9.17) is 0 Å². The number of fused-ring (bicyclic) bond motifs is 4. The summed E-state index contributed by atoms with van der Waals surface area (Å²) in [6.07, 6.45) is 0. The van der Waals surface area contributed by atoms with Crippen molar-refractivity contribution >= 4 is 123 Å². The van der Waals surface area contributed by atoms with Gasteiger partial charge in [0.05, 0.1) is 19.4 Å². The number of anilines is 6. The highest BCUT2D eigenvalue weighted by atomic mass is 28.3. The van der Waals surface area contributed by atoms with Crippen molar-refractivity contribution in [3.63, 3.8) is 0 Å². The first-order chi connectivity index (χ1) is 36.7. The number of aryl methyl sites for hydroxylation is 1. The summed E-state index contributed by atoms with van der Waals surface area (Å²) in [6, 6.07) is 95.9. The Morgan fingerprint density at radius 1 is 0.280 bits per heavy atom. The highest BCUT2D eigenvalue weighted by Crippen LogP contribution is 2.53. The second-order valence-corrected chi connectivity index (χ2v) is 26.5. The molecule has 0 N–H and O–H groups in total. The van der Waals surface area contributed by atoms with Gasteiger partial charge in [0.1, 0.15) is 0 Å². The van der Waals surface area contributed by atoms with Gasteiger partial charge in [0.25, 0.3) is 0 Å². The van der Waals surface area contributed by atoms with Crippen LogP contribution in [0.3, 0.4) is 0 Å². The molecule has 0 radical (unpaired) electrons. The topological polar surface area (TPSA) is 6.48 Å². The molecule has 0 saturated carbocycles. The Hall–Kier alpha value is -9.02. The fourth-order valence-electron chi connectivity index (χ4n) is 11.8. The number of nitrogens with zero attached hydrogens (tertiary/aromatic N) is 2. The van der Waals surface area contributed by atoms with Crippen molar-refractivity contribution in [2.75, 3.05) is 9.80 Å². The van der Waals surface area contributed by atoms with Gasteiger partial charge >= 0.3 is 0 Å². The SMILES string of the molecule is Cc1ccc(N(c2ccc3ccccc3c2)c2cc(-c3ccc4ccccc4c3)c3ccc4c(N(c5ccc([Si](C)(C)C)cc5)c5ccc6ccccc6c5)cc(-c5ccc6ccccc6c5)c5ccc2c3c54)cc1. The molecule has 75 heavy (non-hydrogen) atoms. The molecule has 0 spiro atoms. The highest BCUT2D eigenvalue weighted by molar-refractivity contribution is 6.88. The lowest BCUT2D eigenvalue weighted by molar-refractivity contribution is 1.29. The van der Waals surface area contributed by atoms with Gasteiger partial charge in [-0.1, -0.05) is 212 Å². The van der Waals surface area contributed by atoms with Crippen LogP contribution >= 0.6 is 0 Å². The molecule has 0 aromatic heterocycles. The third-order valence-electron chi connectivity index (χ3n) is 15.7. The lowest BCUT2D eigenvalue weighted by Gasteiger charge is -2.31. The minimum atomic E-state index is -1.60. The molecule has 14 aromatic carbocycles. The van der Waals surface area contributed by atoms with Crippen LogP contribution in [0.5, 0.6) is 0 Å². The molecule has 0 aliphatic rings. The van der Waals surface area contributed by atoms with Crippen molar-refractivity contribution in [3.8, 4) is 22.3 Å². The predicted octanol–water partition coefficient (Wildman–Crippen LogP) is 20.3. The molecule has 3 heteroatoms. The summed E-state index contributed by atoms with van der Waals surface area (Å²) < 4.78 is 0. The van der Waals surface area contributed by atoms with E-state index in [1.807, 2.05) is 0 Å². The van der Waals surface area contributed by atoms with Gasteiger partial charge in [-0.25, -0.2) is 0 Å². The zero-order valence-corrected chi connectivity index (χ0v) is 43.6. The van der Waals surface area contributed by atoms with Crippen LogP contribution in [-0.2, 0) is 0 Å². The summed E-state index contributed by atoms with van der Waals surface area (Å²) in [4.78, 5) is 5.02. The monoisotopic (exact) mass is 974 g/mol. The first-order valence-electron chi connectivity index (χ1n) is 26.2. The summed E-state index contributed by atoms with van der Waals surface area (Å²) >= 11 is 0. The first kappa shape index (κ1) is 44.7. The molecule has 0 heterocycles. The summed E-state index contributed by atoms with van der Waals surface area (Å²) in [5.74, 6) is 0. The van der Waals surface area contributed by atoms with Crippen molar-refractivity contribution in [3.05, 3.63) is 260 Å². The largest absolute Gasteiger partial charge is 0.310 e. The standard InChI is InChI=1S/C72H54N2Si/c1-47-21-29-58(30-22-47)73(60-31-27-50-15-7-11-19-54(50)43-60)69-45-67(56-25-23-48-13-5-9-17-52(48)41-56)63-38-40-66-70(46-68(64-37-39-65(69)71(63)72(64)66)57-26-24-49-14-6-10-18-53(49)42-57)74(59-33-35-62(36-34-59)75(2,3)4)61-32-28-51-16-8-12-20-55(51)44-61/h5-46H,1-4H3. The molecule has 14 rings (SSSR count).